The molecule has 1 saturated heterocycles. The van der Waals surface area contributed by atoms with Crippen LogP contribution in [0.1, 0.15) is 91.9 Å². The third-order valence-corrected chi connectivity index (χ3v) is 5.99. The summed E-state index contributed by atoms with van der Waals surface area (Å²) in [6, 6.07) is 0.366. The van der Waals surface area contributed by atoms with Crippen LogP contribution in [0.25, 0.3) is 0 Å². The van der Waals surface area contributed by atoms with Gasteiger partial charge in [-0.3, -0.25) is 14.5 Å². The zero-order valence-electron chi connectivity index (χ0n) is 21.6. The molecule has 0 spiro atoms. The second kappa shape index (κ2) is 18.7. The molecule has 0 radical (unpaired) electrons. The molecule has 2 N–H and O–H groups in total. The number of hydrogen-bond acceptors (Lipinski definition) is 4. The highest BCUT2D eigenvalue weighted by molar-refractivity contribution is 5.76. The van der Waals surface area contributed by atoms with Crippen molar-refractivity contribution in [1.29, 1.82) is 0 Å². The van der Waals surface area contributed by atoms with Crippen LogP contribution in [0, 0.1) is 0 Å². The molecule has 1 aliphatic heterocycles. The monoisotopic (exact) mass is 463 g/mol. The molecule has 6 nitrogen and oxygen atoms in total. The van der Waals surface area contributed by atoms with Crippen LogP contribution in [-0.4, -0.2) is 61.1 Å². The van der Waals surface area contributed by atoms with Crippen molar-refractivity contribution in [3.05, 3.63) is 24.3 Å². The van der Waals surface area contributed by atoms with Crippen molar-refractivity contribution in [2.24, 2.45) is 0 Å². The van der Waals surface area contributed by atoms with Crippen molar-refractivity contribution in [3.63, 3.8) is 0 Å². The standard InChI is InChI=1S/C27H49N3O3/c1-5-7-9-11-13-15-17-26(31)28-19-23(3)30(21-25-22-33-25)24(4)20-29-27(32)18-16-14-12-10-8-6-2/h7-10,23-25H,5-6,11-22H2,1-4H3,(H,28,31)(H,29,32)/b9-7+,10-8+. The summed E-state index contributed by atoms with van der Waals surface area (Å²) in [5.74, 6) is 0.248. The van der Waals surface area contributed by atoms with E-state index in [1.807, 2.05) is 0 Å². The van der Waals surface area contributed by atoms with E-state index in [9.17, 15) is 9.59 Å². The third-order valence-electron chi connectivity index (χ3n) is 5.99. The van der Waals surface area contributed by atoms with E-state index in [4.69, 9.17) is 4.74 Å². The lowest BCUT2D eigenvalue weighted by atomic mass is 10.1. The molecular formula is C27H49N3O3. The van der Waals surface area contributed by atoms with Crippen LogP contribution >= 0.6 is 0 Å². The SMILES string of the molecule is CC/C=C/CCCCC(=O)NCC(C)N(CC1CO1)C(C)CNC(=O)CCCC/C=C/CC. The number of rotatable bonds is 20. The minimum atomic E-state index is 0.124. The first-order chi connectivity index (χ1) is 16.0. The number of carbonyl (C=O) groups is 2. The molecule has 0 aromatic carbocycles. The Labute approximate surface area is 202 Å². The van der Waals surface area contributed by atoms with Crippen molar-refractivity contribution in [2.75, 3.05) is 26.2 Å². The molecule has 6 heteroatoms. The summed E-state index contributed by atoms with van der Waals surface area (Å²) in [7, 11) is 0. The second-order valence-corrected chi connectivity index (χ2v) is 9.21. The number of nitrogens with zero attached hydrogens (tertiary/aromatic N) is 1. The summed E-state index contributed by atoms with van der Waals surface area (Å²) in [5.41, 5.74) is 0. The number of nitrogens with one attached hydrogen (secondary N) is 2. The van der Waals surface area contributed by atoms with Crippen LogP contribution in [-0.2, 0) is 14.3 Å². The average Bonchev–Trinajstić information content (AvgIpc) is 3.63. The molecule has 0 aromatic rings. The summed E-state index contributed by atoms with van der Waals surface area (Å²) in [6.07, 6.45) is 18.4. The Kier molecular flexibility index (Phi) is 16.7. The molecular weight excluding hydrogens is 414 g/mol. The van der Waals surface area contributed by atoms with Crippen molar-refractivity contribution in [2.45, 2.75) is 110 Å². The number of allylic oxidation sites excluding steroid dienone is 4. The summed E-state index contributed by atoms with van der Waals surface area (Å²) < 4.78 is 5.45. The van der Waals surface area contributed by atoms with E-state index in [1.165, 1.54) is 0 Å². The fourth-order valence-corrected chi connectivity index (χ4v) is 3.80. The van der Waals surface area contributed by atoms with Gasteiger partial charge in [-0.05, 0) is 65.2 Å². The quantitative estimate of drug-likeness (QED) is 0.155. The zero-order valence-corrected chi connectivity index (χ0v) is 21.6. The first-order valence-electron chi connectivity index (χ1n) is 13.2. The Morgan fingerprint density at radius 1 is 0.848 bits per heavy atom. The molecule has 2 amide bonds. The van der Waals surface area contributed by atoms with Crippen LogP contribution < -0.4 is 10.6 Å². The Morgan fingerprint density at radius 2 is 1.30 bits per heavy atom. The van der Waals surface area contributed by atoms with E-state index < -0.39 is 0 Å². The number of ether oxygens (including phenoxy) is 1. The summed E-state index contributed by atoms with van der Waals surface area (Å²) in [4.78, 5) is 26.8. The minimum Gasteiger partial charge on any atom is -0.372 e. The minimum absolute atomic E-state index is 0.124. The average molecular weight is 464 g/mol. The predicted molar refractivity (Wildman–Crippen MR) is 137 cm³/mol. The maximum Gasteiger partial charge on any atom is 0.220 e. The fraction of sp³-hybridized carbons (Fsp3) is 0.778. The van der Waals surface area contributed by atoms with Crippen molar-refractivity contribution >= 4 is 11.8 Å². The highest BCUT2D eigenvalue weighted by Gasteiger charge is 2.30. The van der Waals surface area contributed by atoms with Crippen molar-refractivity contribution in [3.8, 4) is 0 Å². The second-order valence-electron chi connectivity index (χ2n) is 9.21. The Hall–Kier alpha value is -1.66. The molecule has 33 heavy (non-hydrogen) atoms. The van der Waals surface area contributed by atoms with Gasteiger partial charge in [0.2, 0.25) is 11.8 Å². The Balaban J connectivity index is 2.30. The van der Waals surface area contributed by atoms with Crippen LogP contribution in [0.3, 0.4) is 0 Å². The number of epoxide rings is 1. The normalized spacial score (nSPS) is 17.5. The first kappa shape index (κ1) is 29.4. The smallest absolute Gasteiger partial charge is 0.220 e. The molecule has 0 saturated carbocycles. The van der Waals surface area contributed by atoms with Gasteiger partial charge in [-0.1, -0.05) is 38.2 Å². The molecule has 1 aliphatic rings. The van der Waals surface area contributed by atoms with E-state index in [1.54, 1.807) is 0 Å². The lowest BCUT2D eigenvalue weighted by Crippen LogP contribution is -2.51. The van der Waals surface area contributed by atoms with Gasteiger partial charge in [0.25, 0.3) is 0 Å². The molecule has 190 valence electrons. The van der Waals surface area contributed by atoms with E-state index in [0.717, 1.165) is 64.5 Å². The van der Waals surface area contributed by atoms with Gasteiger partial charge in [-0.25, -0.2) is 0 Å². The molecule has 1 rings (SSSR count). The Bertz CT molecular complexity index is 543. The number of amides is 2. The van der Waals surface area contributed by atoms with Crippen molar-refractivity contribution in [1.82, 2.24) is 15.5 Å². The van der Waals surface area contributed by atoms with Gasteiger partial charge in [0.05, 0.1) is 12.7 Å². The summed E-state index contributed by atoms with van der Waals surface area (Å²) in [6.45, 7) is 11.4. The van der Waals surface area contributed by atoms with Gasteiger partial charge in [0, 0.05) is 44.6 Å². The topological polar surface area (TPSA) is 74.0 Å². The molecule has 0 aliphatic carbocycles. The molecule has 3 unspecified atom stereocenters. The van der Waals surface area contributed by atoms with E-state index in [-0.39, 0.29) is 30.0 Å². The van der Waals surface area contributed by atoms with Crippen LogP contribution in [0.5, 0.6) is 0 Å². The molecule has 3 atom stereocenters. The van der Waals surface area contributed by atoms with E-state index in [2.05, 4.69) is 67.5 Å². The molecule has 0 aromatic heterocycles. The molecule has 1 heterocycles. The number of carbonyl (C=O) groups excluding carboxylic acids is 2. The third kappa shape index (κ3) is 15.7. The van der Waals surface area contributed by atoms with E-state index >= 15 is 0 Å². The lowest BCUT2D eigenvalue weighted by molar-refractivity contribution is -0.121. The van der Waals surface area contributed by atoms with Crippen molar-refractivity contribution < 1.29 is 14.3 Å². The highest BCUT2D eigenvalue weighted by atomic mass is 16.6. The van der Waals surface area contributed by atoms with Gasteiger partial charge in [0.1, 0.15) is 0 Å². The maximum absolute atomic E-state index is 12.2. The van der Waals surface area contributed by atoms with Gasteiger partial charge in [-0.15, -0.1) is 0 Å². The Morgan fingerprint density at radius 3 is 1.70 bits per heavy atom. The highest BCUT2D eigenvalue weighted by Crippen LogP contribution is 2.15. The zero-order chi connectivity index (χ0) is 24.3. The number of unbranched alkanes of at least 4 members (excludes halogenated alkanes) is 4. The fourth-order valence-electron chi connectivity index (χ4n) is 3.80. The summed E-state index contributed by atoms with van der Waals surface area (Å²) in [5, 5.41) is 6.19. The summed E-state index contributed by atoms with van der Waals surface area (Å²) >= 11 is 0. The predicted octanol–water partition coefficient (Wildman–Crippen LogP) is 4.75. The lowest BCUT2D eigenvalue weighted by Gasteiger charge is -2.34. The van der Waals surface area contributed by atoms with Gasteiger partial charge in [-0.2, -0.15) is 0 Å². The van der Waals surface area contributed by atoms with Crippen LogP contribution in [0.4, 0.5) is 0 Å². The van der Waals surface area contributed by atoms with Crippen LogP contribution in [0.15, 0.2) is 24.3 Å². The largest absolute Gasteiger partial charge is 0.372 e. The number of hydrogen-bond donors (Lipinski definition) is 2. The van der Waals surface area contributed by atoms with Gasteiger partial charge >= 0.3 is 0 Å². The van der Waals surface area contributed by atoms with Gasteiger partial charge < -0.3 is 15.4 Å². The van der Waals surface area contributed by atoms with Crippen LogP contribution in [0.2, 0.25) is 0 Å². The van der Waals surface area contributed by atoms with Gasteiger partial charge in [0.15, 0.2) is 0 Å². The first-order valence-corrected chi connectivity index (χ1v) is 13.2. The maximum atomic E-state index is 12.2. The molecule has 0 bridgehead atoms. The molecule has 1 fully saturated rings. The van der Waals surface area contributed by atoms with E-state index in [0.29, 0.717) is 25.9 Å².